The van der Waals surface area contributed by atoms with Gasteiger partial charge in [-0.15, -0.1) is 10.2 Å². The lowest BCUT2D eigenvalue weighted by Crippen LogP contribution is -2.13. The number of amides is 1. The van der Waals surface area contributed by atoms with Crippen LogP contribution in [0.15, 0.2) is 63.4 Å². The van der Waals surface area contributed by atoms with E-state index in [9.17, 15) is 4.79 Å². The van der Waals surface area contributed by atoms with Crippen LogP contribution in [0.1, 0.15) is 0 Å². The first kappa shape index (κ1) is 16.9. The van der Waals surface area contributed by atoms with Gasteiger partial charge in [-0.1, -0.05) is 63.3 Å². The van der Waals surface area contributed by atoms with Crippen molar-refractivity contribution in [2.45, 2.75) is 4.34 Å². The minimum Gasteiger partial charge on any atom is -0.330 e. The van der Waals surface area contributed by atoms with Crippen LogP contribution in [-0.4, -0.2) is 21.9 Å². The minimum atomic E-state index is -0.0779. The molecule has 0 aliphatic rings. The highest BCUT2D eigenvalue weighted by Crippen LogP contribution is 2.27. The molecule has 1 amide bonds. The van der Waals surface area contributed by atoms with E-state index in [-0.39, 0.29) is 11.7 Å². The Hall–Kier alpha value is -1.90. The van der Waals surface area contributed by atoms with Gasteiger partial charge in [0.05, 0.1) is 5.75 Å². The smallest absolute Gasteiger partial charge is 0.234 e. The van der Waals surface area contributed by atoms with Crippen LogP contribution < -0.4 is 10.6 Å². The van der Waals surface area contributed by atoms with Gasteiger partial charge in [0, 0.05) is 15.8 Å². The number of benzene rings is 2. The highest BCUT2D eigenvalue weighted by atomic mass is 79.9. The zero-order chi connectivity index (χ0) is 16.8. The second kappa shape index (κ2) is 8.27. The number of nitrogens with zero attached hydrogens (tertiary/aromatic N) is 2. The van der Waals surface area contributed by atoms with Crippen molar-refractivity contribution in [2.75, 3.05) is 16.4 Å². The van der Waals surface area contributed by atoms with Crippen molar-refractivity contribution in [1.82, 2.24) is 10.2 Å². The third kappa shape index (κ3) is 5.05. The van der Waals surface area contributed by atoms with Crippen molar-refractivity contribution in [3.8, 4) is 0 Å². The Kier molecular flexibility index (Phi) is 5.84. The van der Waals surface area contributed by atoms with Crippen molar-refractivity contribution >= 4 is 61.4 Å². The lowest BCUT2D eigenvalue weighted by Gasteiger charge is -2.04. The van der Waals surface area contributed by atoms with Gasteiger partial charge in [-0.2, -0.15) is 0 Å². The van der Waals surface area contributed by atoms with Crippen molar-refractivity contribution in [1.29, 1.82) is 0 Å². The number of rotatable bonds is 6. The largest absolute Gasteiger partial charge is 0.330 e. The third-order valence-electron chi connectivity index (χ3n) is 2.87. The van der Waals surface area contributed by atoms with E-state index in [1.807, 2.05) is 54.6 Å². The molecule has 24 heavy (non-hydrogen) atoms. The minimum absolute atomic E-state index is 0.0779. The summed E-state index contributed by atoms with van der Waals surface area (Å²) in [6, 6.07) is 17.3. The van der Waals surface area contributed by atoms with Gasteiger partial charge in [0.2, 0.25) is 11.0 Å². The first-order chi connectivity index (χ1) is 11.7. The summed E-state index contributed by atoms with van der Waals surface area (Å²) in [7, 11) is 0. The lowest BCUT2D eigenvalue weighted by atomic mass is 10.3. The third-order valence-corrected chi connectivity index (χ3v) is 5.33. The maximum Gasteiger partial charge on any atom is 0.234 e. The van der Waals surface area contributed by atoms with E-state index >= 15 is 0 Å². The Bertz CT molecular complexity index is 826. The fraction of sp³-hybridized carbons (Fsp3) is 0.0625. The summed E-state index contributed by atoms with van der Waals surface area (Å²) in [4.78, 5) is 12.0. The number of aromatic nitrogens is 2. The first-order valence-electron chi connectivity index (χ1n) is 7.03. The fourth-order valence-corrected chi connectivity index (χ4v) is 3.83. The van der Waals surface area contributed by atoms with Crippen molar-refractivity contribution in [3.05, 3.63) is 59.1 Å². The summed E-state index contributed by atoms with van der Waals surface area (Å²) in [5.41, 5.74) is 1.72. The summed E-state index contributed by atoms with van der Waals surface area (Å²) in [5.74, 6) is 0.206. The Balaban J connectivity index is 1.51. The van der Waals surface area contributed by atoms with E-state index in [0.717, 1.165) is 20.2 Å². The second-order valence-corrected chi connectivity index (χ2v) is 7.83. The molecule has 0 saturated carbocycles. The Morgan fingerprint density at radius 1 is 1.08 bits per heavy atom. The Morgan fingerprint density at radius 2 is 1.88 bits per heavy atom. The number of carbonyl (C=O) groups excluding carboxylic acids is 1. The average molecular weight is 421 g/mol. The molecule has 0 unspecified atom stereocenters. The quantitative estimate of drug-likeness (QED) is 0.561. The zero-order valence-electron chi connectivity index (χ0n) is 12.4. The number of hydrogen-bond donors (Lipinski definition) is 2. The molecular weight excluding hydrogens is 408 g/mol. The number of halogens is 1. The van der Waals surface area contributed by atoms with E-state index < -0.39 is 0 Å². The monoisotopic (exact) mass is 420 g/mol. The van der Waals surface area contributed by atoms with E-state index in [4.69, 9.17) is 0 Å². The molecule has 1 aromatic heterocycles. The number of nitrogens with one attached hydrogen (secondary N) is 2. The van der Waals surface area contributed by atoms with E-state index in [1.165, 1.54) is 23.1 Å². The van der Waals surface area contributed by atoms with Gasteiger partial charge in [0.15, 0.2) is 4.34 Å². The molecule has 0 fully saturated rings. The van der Waals surface area contributed by atoms with Crippen molar-refractivity contribution in [3.63, 3.8) is 0 Å². The molecule has 2 aromatic carbocycles. The highest BCUT2D eigenvalue weighted by Gasteiger charge is 2.09. The highest BCUT2D eigenvalue weighted by molar-refractivity contribution is 9.10. The van der Waals surface area contributed by atoms with Gasteiger partial charge in [-0.25, -0.2) is 0 Å². The maximum absolute atomic E-state index is 12.0. The summed E-state index contributed by atoms with van der Waals surface area (Å²) >= 11 is 6.16. The molecule has 5 nitrogen and oxygen atoms in total. The molecule has 122 valence electrons. The van der Waals surface area contributed by atoms with Gasteiger partial charge < -0.3 is 10.6 Å². The summed E-state index contributed by atoms with van der Waals surface area (Å²) in [6.45, 7) is 0. The zero-order valence-corrected chi connectivity index (χ0v) is 15.6. The Morgan fingerprint density at radius 3 is 2.67 bits per heavy atom. The summed E-state index contributed by atoms with van der Waals surface area (Å²) < 4.78 is 1.67. The molecule has 0 aliphatic carbocycles. The van der Waals surface area contributed by atoms with Crippen LogP contribution in [0.4, 0.5) is 16.5 Å². The first-order valence-corrected chi connectivity index (χ1v) is 9.62. The van der Waals surface area contributed by atoms with Gasteiger partial charge in [0.25, 0.3) is 0 Å². The average Bonchev–Trinajstić information content (AvgIpc) is 3.01. The molecule has 3 rings (SSSR count). The van der Waals surface area contributed by atoms with Crippen LogP contribution in [0.5, 0.6) is 0 Å². The Labute approximate surface area is 156 Å². The van der Waals surface area contributed by atoms with Crippen LogP contribution in [0.25, 0.3) is 0 Å². The topological polar surface area (TPSA) is 66.9 Å². The SMILES string of the molecule is O=C(CSc1nnc(Nc2ccccc2)s1)Nc1cccc(Br)c1. The molecule has 0 saturated heterocycles. The van der Waals surface area contributed by atoms with Crippen LogP contribution in [0, 0.1) is 0 Å². The van der Waals surface area contributed by atoms with Crippen molar-refractivity contribution in [2.24, 2.45) is 0 Å². The van der Waals surface area contributed by atoms with Crippen LogP contribution in [0.3, 0.4) is 0 Å². The predicted octanol–water partition coefficient (Wildman–Crippen LogP) is 4.78. The van der Waals surface area contributed by atoms with E-state index in [0.29, 0.717) is 5.13 Å². The summed E-state index contributed by atoms with van der Waals surface area (Å²) in [6.07, 6.45) is 0. The molecule has 0 bridgehead atoms. The molecule has 3 aromatic rings. The number of carbonyl (C=O) groups is 1. The van der Waals surface area contributed by atoms with Gasteiger partial charge in [0.1, 0.15) is 0 Å². The number of thioether (sulfide) groups is 1. The number of anilines is 3. The van der Waals surface area contributed by atoms with Gasteiger partial charge >= 0.3 is 0 Å². The normalized spacial score (nSPS) is 10.4. The molecule has 0 atom stereocenters. The molecule has 0 radical (unpaired) electrons. The van der Waals surface area contributed by atoms with Crippen LogP contribution in [0.2, 0.25) is 0 Å². The number of para-hydroxylation sites is 1. The number of hydrogen-bond acceptors (Lipinski definition) is 6. The molecule has 2 N–H and O–H groups in total. The van der Waals surface area contributed by atoms with Gasteiger partial charge in [-0.3, -0.25) is 4.79 Å². The van der Waals surface area contributed by atoms with Gasteiger partial charge in [-0.05, 0) is 30.3 Å². The summed E-state index contributed by atoms with van der Waals surface area (Å²) in [5, 5.41) is 14.9. The fourth-order valence-electron chi connectivity index (χ4n) is 1.85. The maximum atomic E-state index is 12.0. The predicted molar refractivity (Wildman–Crippen MR) is 103 cm³/mol. The second-order valence-electron chi connectivity index (χ2n) is 4.71. The molecular formula is C16H13BrN4OS2. The molecule has 8 heteroatoms. The van der Waals surface area contributed by atoms with E-state index in [1.54, 1.807) is 0 Å². The van der Waals surface area contributed by atoms with Crippen LogP contribution >= 0.6 is 39.0 Å². The molecule has 0 aliphatic heterocycles. The van der Waals surface area contributed by atoms with E-state index in [2.05, 4.69) is 36.8 Å². The molecule has 1 heterocycles. The standard InChI is InChI=1S/C16H13BrN4OS2/c17-11-5-4-8-13(9-11)18-14(22)10-23-16-21-20-15(24-16)19-12-6-2-1-3-7-12/h1-9H,10H2,(H,18,22)(H,19,20). The molecule has 0 spiro atoms. The lowest BCUT2D eigenvalue weighted by molar-refractivity contribution is -0.113. The van der Waals surface area contributed by atoms with Crippen molar-refractivity contribution < 1.29 is 4.79 Å². The van der Waals surface area contributed by atoms with Crippen LogP contribution in [-0.2, 0) is 4.79 Å².